The predicted octanol–water partition coefficient (Wildman–Crippen LogP) is 3.49. The first-order chi connectivity index (χ1) is 14.8. The SMILES string of the molecule is CSc1ccccc1NC(=O)CN(C)C(=O)c1nn(CC(C)C)c(=O)c2ccccc12. The van der Waals surface area contributed by atoms with Gasteiger partial charge >= 0.3 is 0 Å². The molecule has 1 aromatic heterocycles. The maximum Gasteiger partial charge on any atom is 0.275 e. The molecule has 3 aromatic rings. The average molecular weight is 439 g/mol. The Kier molecular flexibility index (Phi) is 7.12. The number of benzene rings is 2. The zero-order valence-corrected chi connectivity index (χ0v) is 18.9. The fraction of sp³-hybridized carbons (Fsp3) is 0.304. The lowest BCUT2D eigenvalue weighted by molar-refractivity contribution is -0.116. The monoisotopic (exact) mass is 438 g/mol. The summed E-state index contributed by atoms with van der Waals surface area (Å²) in [6.45, 7) is 4.22. The van der Waals surface area contributed by atoms with E-state index in [0.717, 1.165) is 4.90 Å². The van der Waals surface area contributed by atoms with Gasteiger partial charge in [-0.05, 0) is 30.4 Å². The second-order valence-corrected chi connectivity index (χ2v) is 8.53. The van der Waals surface area contributed by atoms with Gasteiger partial charge in [-0.25, -0.2) is 4.68 Å². The summed E-state index contributed by atoms with van der Waals surface area (Å²) in [6.07, 6.45) is 1.93. The maximum atomic E-state index is 13.2. The van der Waals surface area contributed by atoms with Gasteiger partial charge in [-0.3, -0.25) is 14.4 Å². The van der Waals surface area contributed by atoms with Crippen molar-refractivity contribution in [3.05, 3.63) is 64.6 Å². The van der Waals surface area contributed by atoms with Crippen molar-refractivity contribution in [1.29, 1.82) is 0 Å². The van der Waals surface area contributed by atoms with Crippen LogP contribution in [0.3, 0.4) is 0 Å². The Morgan fingerprint density at radius 2 is 1.74 bits per heavy atom. The Morgan fingerprint density at radius 1 is 1.10 bits per heavy atom. The van der Waals surface area contributed by atoms with Crippen LogP contribution in [0.25, 0.3) is 10.8 Å². The van der Waals surface area contributed by atoms with E-state index >= 15 is 0 Å². The van der Waals surface area contributed by atoms with Crippen molar-refractivity contribution in [3.8, 4) is 0 Å². The Balaban J connectivity index is 1.87. The van der Waals surface area contributed by atoms with Gasteiger partial charge in [0.2, 0.25) is 5.91 Å². The summed E-state index contributed by atoms with van der Waals surface area (Å²) in [4.78, 5) is 40.8. The van der Waals surface area contributed by atoms with Gasteiger partial charge in [-0.1, -0.05) is 44.2 Å². The summed E-state index contributed by atoms with van der Waals surface area (Å²) < 4.78 is 1.34. The molecule has 7 nitrogen and oxygen atoms in total. The highest BCUT2D eigenvalue weighted by atomic mass is 32.2. The van der Waals surface area contributed by atoms with Crippen LogP contribution in [0.1, 0.15) is 24.3 Å². The van der Waals surface area contributed by atoms with Crippen LogP contribution in [-0.4, -0.2) is 46.3 Å². The average Bonchev–Trinajstić information content (AvgIpc) is 2.75. The van der Waals surface area contributed by atoms with Gasteiger partial charge in [0.1, 0.15) is 0 Å². The zero-order valence-electron chi connectivity index (χ0n) is 18.1. The number of hydrogen-bond acceptors (Lipinski definition) is 5. The highest BCUT2D eigenvalue weighted by Crippen LogP contribution is 2.24. The first kappa shape index (κ1) is 22.6. The minimum atomic E-state index is -0.415. The number of carbonyl (C=O) groups excluding carboxylic acids is 2. The van der Waals surface area contributed by atoms with E-state index in [2.05, 4.69) is 10.4 Å². The molecule has 3 rings (SSSR count). The fourth-order valence-corrected chi connectivity index (χ4v) is 3.82. The summed E-state index contributed by atoms with van der Waals surface area (Å²) in [5.74, 6) is -0.534. The lowest BCUT2D eigenvalue weighted by atomic mass is 10.1. The summed E-state index contributed by atoms with van der Waals surface area (Å²) in [7, 11) is 1.55. The van der Waals surface area contributed by atoms with Gasteiger partial charge in [-0.2, -0.15) is 5.10 Å². The smallest absolute Gasteiger partial charge is 0.275 e. The number of anilines is 1. The van der Waals surface area contributed by atoms with Gasteiger partial charge in [0.25, 0.3) is 11.5 Å². The molecule has 0 atom stereocenters. The Hall–Kier alpha value is -3.13. The molecule has 1 N–H and O–H groups in total. The van der Waals surface area contributed by atoms with Gasteiger partial charge < -0.3 is 10.2 Å². The molecule has 0 fully saturated rings. The van der Waals surface area contributed by atoms with E-state index in [0.29, 0.717) is 23.0 Å². The van der Waals surface area contributed by atoms with Crippen LogP contribution >= 0.6 is 11.8 Å². The summed E-state index contributed by atoms with van der Waals surface area (Å²) in [5, 5.41) is 8.13. The standard InChI is InChI=1S/C23H26N4O3S/c1-15(2)13-27-22(29)17-10-6-5-9-16(17)21(25-27)23(30)26(3)14-20(28)24-18-11-7-8-12-19(18)31-4/h5-12,15H,13-14H2,1-4H3,(H,24,28). The molecule has 2 amide bonds. The number of likely N-dealkylation sites (N-methyl/N-ethyl adjacent to an activating group) is 1. The van der Waals surface area contributed by atoms with Crippen LogP contribution < -0.4 is 10.9 Å². The van der Waals surface area contributed by atoms with Crippen LogP contribution in [0.15, 0.2) is 58.2 Å². The Morgan fingerprint density at radius 3 is 2.42 bits per heavy atom. The molecule has 31 heavy (non-hydrogen) atoms. The van der Waals surface area contributed by atoms with Crippen LogP contribution in [0.2, 0.25) is 0 Å². The van der Waals surface area contributed by atoms with Crippen LogP contribution in [-0.2, 0) is 11.3 Å². The second-order valence-electron chi connectivity index (χ2n) is 7.68. The molecule has 0 spiro atoms. The van der Waals surface area contributed by atoms with E-state index in [-0.39, 0.29) is 29.6 Å². The van der Waals surface area contributed by atoms with Gasteiger partial charge in [-0.15, -0.1) is 11.8 Å². The highest BCUT2D eigenvalue weighted by Gasteiger charge is 2.22. The van der Waals surface area contributed by atoms with E-state index in [4.69, 9.17) is 0 Å². The minimum Gasteiger partial charge on any atom is -0.331 e. The molecule has 0 aliphatic carbocycles. The molecule has 2 aromatic carbocycles. The Bertz CT molecular complexity index is 1170. The van der Waals surface area contributed by atoms with E-state index in [1.54, 1.807) is 31.3 Å². The van der Waals surface area contributed by atoms with Crippen molar-refractivity contribution in [1.82, 2.24) is 14.7 Å². The summed E-state index contributed by atoms with van der Waals surface area (Å²) in [6, 6.07) is 14.4. The van der Waals surface area contributed by atoms with Crippen molar-refractivity contribution >= 4 is 40.0 Å². The van der Waals surface area contributed by atoms with Crippen LogP contribution in [0.4, 0.5) is 5.69 Å². The lowest BCUT2D eigenvalue weighted by Crippen LogP contribution is -2.37. The topological polar surface area (TPSA) is 84.3 Å². The number of hydrogen-bond donors (Lipinski definition) is 1. The van der Waals surface area contributed by atoms with Crippen molar-refractivity contribution < 1.29 is 9.59 Å². The summed E-state index contributed by atoms with van der Waals surface area (Å²) in [5.41, 5.74) is 0.639. The van der Waals surface area contributed by atoms with Crippen LogP contribution in [0.5, 0.6) is 0 Å². The molecule has 8 heteroatoms. The number of thioether (sulfide) groups is 1. The molecule has 0 aliphatic heterocycles. The number of para-hydroxylation sites is 1. The van der Waals surface area contributed by atoms with E-state index < -0.39 is 5.91 Å². The van der Waals surface area contributed by atoms with E-state index in [1.165, 1.54) is 21.3 Å². The third kappa shape index (κ3) is 5.14. The summed E-state index contributed by atoms with van der Waals surface area (Å²) >= 11 is 1.53. The molecule has 0 unspecified atom stereocenters. The minimum absolute atomic E-state index is 0.138. The van der Waals surface area contributed by atoms with Gasteiger partial charge in [0.15, 0.2) is 5.69 Å². The highest BCUT2D eigenvalue weighted by molar-refractivity contribution is 7.98. The normalized spacial score (nSPS) is 11.0. The molecule has 0 saturated carbocycles. The number of amides is 2. The number of nitrogens with one attached hydrogen (secondary N) is 1. The largest absolute Gasteiger partial charge is 0.331 e. The molecule has 162 valence electrons. The molecule has 0 radical (unpaired) electrons. The maximum absolute atomic E-state index is 13.2. The van der Waals surface area contributed by atoms with Crippen molar-refractivity contribution in [2.24, 2.45) is 5.92 Å². The molecule has 0 saturated heterocycles. The van der Waals surface area contributed by atoms with E-state index in [9.17, 15) is 14.4 Å². The lowest BCUT2D eigenvalue weighted by Gasteiger charge is -2.19. The van der Waals surface area contributed by atoms with Gasteiger partial charge in [0, 0.05) is 23.9 Å². The predicted molar refractivity (Wildman–Crippen MR) is 125 cm³/mol. The van der Waals surface area contributed by atoms with E-state index in [1.807, 2.05) is 44.4 Å². The second kappa shape index (κ2) is 9.78. The quantitative estimate of drug-likeness (QED) is 0.571. The van der Waals surface area contributed by atoms with Crippen LogP contribution in [0, 0.1) is 5.92 Å². The molecule has 0 aliphatic rings. The van der Waals surface area contributed by atoms with Crippen molar-refractivity contribution in [3.63, 3.8) is 0 Å². The number of fused-ring (bicyclic) bond motifs is 1. The molecular formula is C23H26N4O3S. The first-order valence-corrected chi connectivity index (χ1v) is 11.2. The van der Waals surface area contributed by atoms with Crippen molar-refractivity contribution in [2.75, 3.05) is 25.2 Å². The third-order valence-electron chi connectivity index (χ3n) is 4.72. The van der Waals surface area contributed by atoms with Gasteiger partial charge in [0.05, 0.1) is 17.6 Å². The number of aromatic nitrogens is 2. The Labute approximate surface area is 185 Å². The fourth-order valence-electron chi connectivity index (χ4n) is 3.27. The zero-order chi connectivity index (χ0) is 22.5. The molecule has 1 heterocycles. The molecule has 0 bridgehead atoms. The third-order valence-corrected chi connectivity index (χ3v) is 5.51. The number of nitrogens with zero attached hydrogens (tertiary/aromatic N) is 3. The first-order valence-electron chi connectivity index (χ1n) is 10.00. The number of rotatable bonds is 7. The molecular weight excluding hydrogens is 412 g/mol. The number of carbonyl (C=O) groups is 2. The van der Waals surface area contributed by atoms with Crippen molar-refractivity contribution in [2.45, 2.75) is 25.3 Å².